The van der Waals surface area contributed by atoms with E-state index >= 15 is 0 Å². The molecule has 0 unspecified atom stereocenters. The molecule has 6 heteroatoms. The maximum atomic E-state index is 5.66. The minimum Gasteiger partial charge on any atom is -0.391 e. The average Bonchev–Trinajstić information content (AvgIpc) is 2.85. The van der Waals surface area contributed by atoms with Gasteiger partial charge in [-0.25, -0.2) is 0 Å². The smallest absolute Gasteiger partial charge is 0.268 e. The van der Waals surface area contributed by atoms with E-state index in [1.807, 2.05) is 32.9 Å². The molecule has 2 rings (SSSR count). The molecular weight excluding hydrogens is 238 g/mol. The zero-order chi connectivity index (χ0) is 12.5. The number of ether oxygens (including phenoxy) is 1. The van der Waals surface area contributed by atoms with Crippen molar-refractivity contribution in [3.05, 3.63) is 18.0 Å². The highest BCUT2D eigenvalue weighted by molar-refractivity contribution is 7.19. The van der Waals surface area contributed by atoms with Crippen molar-refractivity contribution in [3.8, 4) is 10.8 Å². The summed E-state index contributed by atoms with van der Waals surface area (Å²) < 4.78 is 10.8. The van der Waals surface area contributed by atoms with E-state index in [2.05, 4.69) is 10.1 Å². The fourth-order valence-corrected chi connectivity index (χ4v) is 2.16. The van der Waals surface area contributed by atoms with Crippen molar-refractivity contribution in [2.24, 2.45) is 0 Å². The van der Waals surface area contributed by atoms with Crippen molar-refractivity contribution in [2.75, 3.05) is 12.3 Å². The lowest BCUT2D eigenvalue weighted by molar-refractivity contribution is -0.0221. The normalized spacial score (nSPS) is 11.9. The lowest BCUT2D eigenvalue weighted by atomic mass is 10.1. The van der Waals surface area contributed by atoms with E-state index in [4.69, 9.17) is 15.0 Å². The minimum absolute atomic E-state index is 0.481. The molecule has 2 N–H and O–H groups in total. The van der Waals surface area contributed by atoms with E-state index in [0.717, 1.165) is 9.88 Å². The van der Waals surface area contributed by atoms with Gasteiger partial charge in [-0.1, -0.05) is 5.16 Å². The zero-order valence-electron chi connectivity index (χ0n) is 10.1. The molecule has 2 aromatic rings. The third kappa shape index (κ3) is 2.48. The standard InChI is InChI=1S/C11H15N3O2S/c1-4-15-11(2,3)10-13-9(16-14-10)7-5-6-8(12)17-7/h5-6H,4,12H2,1-3H3. The topological polar surface area (TPSA) is 74.2 Å². The first-order valence-electron chi connectivity index (χ1n) is 5.37. The molecule has 0 aromatic carbocycles. The predicted octanol–water partition coefficient (Wildman–Crippen LogP) is 2.65. The number of thiophene rings is 1. The summed E-state index contributed by atoms with van der Waals surface area (Å²) in [7, 11) is 0. The molecule has 0 saturated heterocycles. The number of hydrogen-bond donors (Lipinski definition) is 1. The molecule has 0 fully saturated rings. The molecule has 92 valence electrons. The molecule has 0 amide bonds. The van der Waals surface area contributed by atoms with Gasteiger partial charge < -0.3 is 15.0 Å². The first-order valence-corrected chi connectivity index (χ1v) is 6.18. The summed E-state index contributed by atoms with van der Waals surface area (Å²) in [5.41, 5.74) is 5.12. The van der Waals surface area contributed by atoms with Gasteiger partial charge in [0.1, 0.15) is 5.60 Å². The van der Waals surface area contributed by atoms with E-state index in [9.17, 15) is 0 Å². The molecule has 0 radical (unpaired) electrons. The fourth-order valence-electron chi connectivity index (χ4n) is 1.46. The number of hydrogen-bond acceptors (Lipinski definition) is 6. The van der Waals surface area contributed by atoms with Crippen molar-refractivity contribution < 1.29 is 9.26 Å². The van der Waals surface area contributed by atoms with Gasteiger partial charge >= 0.3 is 0 Å². The average molecular weight is 253 g/mol. The minimum atomic E-state index is -0.542. The number of nitrogen functional groups attached to an aromatic ring is 1. The Bertz CT molecular complexity index is 504. The maximum absolute atomic E-state index is 5.66. The van der Waals surface area contributed by atoms with Crippen LogP contribution in [-0.2, 0) is 10.3 Å². The van der Waals surface area contributed by atoms with Crippen molar-refractivity contribution >= 4 is 16.3 Å². The second kappa shape index (κ2) is 4.46. The molecular formula is C11H15N3O2S. The Morgan fingerprint density at radius 3 is 2.82 bits per heavy atom. The van der Waals surface area contributed by atoms with Gasteiger partial charge in [0.2, 0.25) is 5.82 Å². The van der Waals surface area contributed by atoms with Crippen molar-refractivity contribution in [1.29, 1.82) is 0 Å². The Morgan fingerprint density at radius 1 is 1.47 bits per heavy atom. The molecule has 0 saturated carbocycles. The van der Waals surface area contributed by atoms with E-state index in [1.165, 1.54) is 11.3 Å². The van der Waals surface area contributed by atoms with Crippen LogP contribution in [0.5, 0.6) is 0 Å². The van der Waals surface area contributed by atoms with Crippen molar-refractivity contribution in [2.45, 2.75) is 26.4 Å². The maximum Gasteiger partial charge on any atom is 0.268 e. The second-order valence-corrected chi connectivity index (χ2v) is 5.18. The van der Waals surface area contributed by atoms with Crippen LogP contribution in [0.4, 0.5) is 5.00 Å². The highest BCUT2D eigenvalue weighted by Gasteiger charge is 2.27. The molecule has 5 nitrogen and oxygen atoms in total. The van der Waals surface area contributed by atoms with Gasteiger partial charge in [0.05, 0.1) is 9.88 Å². The van der Waals surface area contributed by atoms with Gasteiger partial charge in [-0.05, 0) is 32.9 Å². The second-order valence-electron chi connectivity index (χ2n) is 4.07. The van der Waals surface area contributed by atoms with Crippen LogP contribution >= 0.6 is 11.3 Å². The van der Waals surface area contributed by atoms with Gasteiger partial charge in [-0.15, -0.1) is 11.3 Å². The van der Waals surface area contributed by atoms with E-state index in [1.54, 1.807) is 0 Å². The largest absolute Gasteiger partial charge is 0.391 e. The third-order valence-corrected chi connectivity index (χ3v) is 3.21. The van der Waals surface area contributed by atoms with Crippen LogP contribution in [0.15, 0.2) is 16.7 Å². The van der Waals surface area contributed by atoms with Crippen LogP contribution in [0, 0.1) is 0 Å². The highest BCUT2D eigenvalue weighted by Crippen LogP contribution is 2.30. The Balaban J connectivity index is 2.27. The summed E-state index contributed by atoms with van der Waals surface area (Å²) in [6.45, 7) is 6.35. The third-order valence-electron chi connectivity index (χ3n) is 2.31. The zero-order valence-corrected chi connectivity index (χ0v) is 10.9. The number of rotatable bonds is 4. The highest BCUT2D eigenvalue weighted by atomic mass is 32.1. The quantitative estimate of drug-likeness (QED) is 0.906. The van der Waals surface area contributed by atoms with Crippen LogP contribution in [0.1, 0.15) is 26.6 Å². The fraction of sp³-hybridized carbons (Fsp3) is 0.455. The number of anilines is 1. The van der Waals surface area contributed by atoms with Crippen molar-refractivity contribution in [1.82, 2.24) is 10.1 Å². The monoisotopic (exact) mass is 253 g/mol. The van der Waals surface area contributed by atoms with E-state index in [0.29, 0.717) is 18.3 Å². The Hall–Kier alpha value is -1.40. The predicted molar refractivity (Wildman–Crippen MR) is 66.7 cm³/mol. The van der Waals surface area contributed by atoms with E-state index in [-0.39, 0.29) is 0 Å². The van der Waals surface area contributed by atoms with Gasteiger partial charge in [-0.2, -0.15) is 4.98 Å². The number of aromatic nitrogens is 2. The molecule has 0 aliphatic rings. The van der Waals surface area contributed by atoms with Gasteiger partial charge in [0, 0.05) is 6.61 Å². The van der Waals surface area contributed by atoms with Crippen LogP contribution in [-0.4, -0.2) is 16.7 Å². The van der Waals surface area contributed by atoms with Gasteiger partial charge in [0.25, 0.3) is 5.89 Å². The molecule has 0 atom stereocenters. The summed E-state index contributed by atoms with van der Waals surface area (Å²) in [6, 6.07) is 3.68. The molecule has 0 bridgehead atoms. The van der Waals surface area contributed by atoms with Crippen LogP contribution in [0.25, 0.3) is 10.8 Å². The Morgan fingerprint density at radius 2 is 2.24 bits per heavy atom. The van der Waals surface area contributed by atoms with Gasteiger partial charge in [0.15, 0.2) is 0 Å². The summed E-state index contributed by atoms with van der Waals surface area (Å²) in [4.78, 5) is 5.21. The van der Waals surface area contributed by atoms with Crippen molar-refractivity contribution in [3.63, 3.8) is 0 Å². The Labute approximate surface area is 104 Å². The summed E-state index contributed by atoms with van der Waals surface area (Å²) in [5, 5.41) is 4.67. The van der Waals surface area contributed by atoms with Gasteiger partial charge in [-0.3, -0.25) is 0 Å². The first-order chi connectivity index (χ1) is 8.03. The van der Waals surface area contributed by atoms with E-state index < -0.39 is 5.60 Å². The lowest BCUT2D eigenvalue weighted by Crippen LogP contribution is -2.23. The van der Waals surface area contributed by atoms with Crippen LogP contribution in [0.3, 0.4) is 0 Å². The summed E-state index contributed by atoms with van der Waals surface area (Å²) in [6.07, 6.45) is 0. The molecule has 2 heterocycles. The number of nitrogens with zero attached hydrogens (tertiary/aromatic N) is 2. The molecule has 0 aliphatic heterocycles. The number of nitrogens with two attached hydrogens (primary N) is 1. The molecule has 17 heavy (non-hydrogen) atoms. The molecule has 0 spiro atoms. The molecule has 0 aliphatic carbocycles. The van der Waals surface area contributed by atoms with Crippen LogP contribution < -0.4 is 5.73 Å². The summed E-state index contributed by atoms with van der Waals surface area (Å²) in [5.74, 6) is 1.02. The Kier molecular flexibility index (Phi) is 3.17. The first kappa shape index (κ1) is 12.1. The SMILES string of the molecule is CCOC(C)(C)c1noc(-c2ccc(N)s2)n1. The van der Waals surface area contributed by atoms with Crippen LogP contribution in [0.2, 0.25) is 0 Å². The lowest BCUT2D eigenvalue weighted by Gasteiger charge is -2.19. The summed E-state index contributed by atoms with van der Waals surface area (Å²) >= 11 is 1.42. The molecule has 2 aromatic heterocycles.